The molecule has 1 aliphatic carbocycles. The third-order valence-corrected chi connectivity index (χ3v) is 4.05. The monoisotopic (exact) mass is 274 g/mol. The fourth-order valence-corrected chi connectivity index (χ4v) is 2.84. The molecule has 108 valence electrons. The normalized spacial score (nSPS) is 17.8. The molecule has 0 saturated heterocycles. The molecule has 2 aliphatic rings. The largest absolute Gasteiger partial charge is 0.495 e. The Balaban J connectivity index is 1.72. The summed E-state index contributed by atoms with van der Waals surface area (Å²) in [4.78, 5) is 14.4. The molecule has 3 rings (SSSR count). The second-order valence-electron chi connectivity index (χ2n) is 5.60. The standard InChI is InChI=1S/C16H22N2O2/c1-20-14-6-2-4-12-5-3-11-18(16(12)14)15(19)9-10-17-13-7-8-13/h2,4,6,13,17H,3,5,7-11H2,1H3. The summed E-state index contributed by atoms with van der Waals surface area (Å²) in [5, 5.41) is 3.40. The van der Waals surface area contributed by atoms with Crippen LogP contribution >= 0.6 is 0 Å². The van der Waals surface area contributed by atoms with E-state index in [1.165, 1.54) is 18.4 Å². The van der Waals surface area contributed by atoms with E-state index >= 15 is 0 Å². The molecule has 1 aliphatic heterocycles. The van der Waals surface area contributed by atoms with Gasteiger partial charge in [0.25, 0.3) is 0 Å². The number of hydrogen-bond acceptors (Lipinski definition) is 3. The first-order chi connectivity index (χ1) is 9.79. The maximum absolute atomic E-state index is 12.5. The number of carbonyl (C=O) groups is 1. The Kier molecular flexibility index (Phi) is 3.92. The summed E-state index contributed by atoms with van der Waals surface area (Å²) in [5.41, 5.74) is 2.21. The fraction of sp³-hybridized carbons (Fsp3) is 0.562. The molecule has 0 radical (unpaired) electrons. The van der Waals surface area contributed by atoms with E-state index in [1.54, 1.807) is 7.11 Å². The Morgan fingerprint density at radius 1 is 1.45 bits per heavy atom. The lowest BCUT2D eigenvalue weighted by Crippen LogP contribution is -2.37. The Bertz CT molecular complexity index is 483. The lowest BCUT2D eigenvalue weighted by atomic mass is 10.0. The summed E-state index contributed by atoms with van der Waals surface area (Å²) in [6.45, 7) is 1.58. The Morgan fingerprint density at radius 2 is 2.30 bits per heavy atom. The van der Waals surface area contributed by atoms with Gasteiger partial charge >= 0.3 is 0 Å². The maximum Gasteiger partial charge on any atom is 0.228 e. The molecule has 1 saturated carbocycles. The zero-order chi connectivity index (χ0) is 13.9. The predicted octanol–water partition coefficient (Wildman–Crippen LogP) is 2.12. The summed E-state index contributed by atoms with van der Waals surface area (Å²) >= 11 is 0. The molecule has 4 heteroatoms. The van der Waals surface area contributed by atoms with Crippen LogP contribution in [0, 0.1) is 0 Å². The molecular weight excluding hydrogens is 252 g/mol. The number of rotatable bonds is 5. The zero-order valence-electron chi connectivity index (χ0n) is 12.0. The van der Waals surface area contributed by atoms with Crippen LogP contribution < -0.4 is 15.0 Å². The van der Waals surface area contributed by atoms with Gasteiger partial charge in [-0.3, -0.25) is 4.79 Å². The van der Waals surface area contributed by atoms with Crippen molar-refractivity contribution in [3.63, 3.8) is 0 Å². The predicted molar refractivity (Wildman–Crippen MR) is 79.3 cm³/mol. The smallest absolute Gasteiger partial charge is 0.228 e. The van der Waals surface area contributed by atoms with Gasteiger partial charge in [0.05, 0.1) is 12.8 Å². The van der Waals surface area contributed by atoms with Gasteiger partial charge < -0.3 is 15.0 Å². The highest BCUT2D eigenvalue weighted by Gasteiger charge is 2.26. The van der Waals surface area contributed by atoms with Crippen LogP contribution in [-0.4, -0.2) is 32.1 Å². The number of para-hydroxylation sites is 1. The number of nitrogens with zero attached hydrogens (tertiary/aromatic N) is 1. The number of anilines is 1. The second-order valence-corrected chi connectivity index (χ2v) is 5.60. The minimum Gasteiger partial charge on any atom is -0.495 e. The molecule has 1 aromatic carbocycles. The quantitative estimate of drug-likeness (QED) is 0.894. The molecule has 0 aromatic heterocycles. The summed E-state index contributed by atoms with van der Waals surface area (Å²) in [5.74, 6) is 1.01. The van der Waals surface area contributed by atoms with Gasteiger partial charge in [0.1, 0.15) is 5.75 Å². The topological polar surface area (TPSA) is 41.6 Å². The van der Waals surface area contributed by atoms with Gasteiger partial charge in [-0.2, -0.15) is 0 Å². The average molecular weight is 274 g/mol. The van der Waals surface area contributed by atoms with E-state index in [2.05, 4.69) is 11.4 Å². The third kappa shape index (κ3) is 2.80. The summed E-state index contributed by atoms with van der Waals surface area (Å²) in [7, 11) is 1.67. The van der Waals surface area contributed by atoms with E-state index in [-0.39, 0.29) is 5.91 Å². The molecule has 20 heavy (non-hydrogen) atoms. The SMILES string of the molecule is COc1cccc2c1N(C(=O)CCNC1CC1)CCC2. The lowest BCUT2D eigenvalue weighted by Gasteiger charge is -2.31. The van der Waals surface area contributed by atoms with E-state index < -0.39 is 0 Å². The molecule has 1 aromatic rings. The molecule has 4 nitrogen and oxygen atoms in total. The molecule has 1 fully saturated rings. The summed E-state index contributed by atoms with van der Waals surface area (Å²) in [6, 6.07) is 6.69. The van der Waals surface area contributed by atoms with E-state index in [0.29, 0.717) is 12.5 Å². The van der Waals surface area contributed by atoms with Crippen molar-refractivity contribution in [3.8, 4) is 5.75 Å². The first-order valence-corrected chi connectivity index (χ1v) is 7.49. The average Bonchev–Trinajstić information content (AvgIpc) is 3.30. The highest BCUT2D eigenvalue weighted by Crippen LogP contribution is 2.36. The van der Waals surface area contributed by atoms with Crippen LogP contribution in [0.1, 0.15) is 31.2 Å². The number of carbonyl (C=O) groups excluding carboxylic acids is 1. The van der Waals surface area contributed by atoms with E-state index in [4.69, 9.17) is 4.74 Å². The number of methoxy groups -OCH3 is 1. The van der Waals surface area contributed by atoms with Crippen LogP contribution in [0.15, 0.2) is 18.2 Å². The first kappa shape index (κ1) is 13.4. The molecular formula is C16H22N2O2. The Hall–Kier alpha value is -1.55. The molecule has 0 atom stereocenters. The highest BCUT2D eigenvalue weighted by molar-refractivity contribution is 5.96. The van der Waals surface area contributed by atoms with E-state index in [1.807, 2.05) is 17.0 Å². The van der Waals surface area contributed by atoms with Crippen LogP contribution in [0.3, 0.4) is 0 Å². The number of fused-ring (bicyclic) bond motifs is 1. The lowest BCUT2D eigenvalue weighted by molar-refractivity contribution is -0.118. The van der Waals surface area contributed by atoms with Gasteiger partial charge in [-0.25, -0.2) is 0 Å². The van der Waals surface area contributed by atoms with Crippen LogP contribution in [0.25, 0.3) is 0 Å². The number of amides is 1. The van der Waals surface area contributed by atoms with Crippen LogP contribution in [0.2, 0.25) is 0 Å². The molecule has 1 amide bonds. The molecule has 0 spiro atoms. The minimum absolute atomic E-state index is 0.198. The van der Waals surface area contributed by atoms with Crippen molar-refractivity contribution in [2.24, 2.45) is 0 Å². The van der Waals surface area contributed by atoms with Gasteiger partial charge in [-0.15, -0.1) is 0 Å². The second kappa shape index (κ2) is 5.83. The fourth-order valence-electron chi connectivity index (χ4n) is 2.84. The van der Waals surface area contributed by atoms with Crippen LogP contribution in [0.4, 0.5) is 5.69 Å². The van der Waals surface area contributed by atoms with Crippen molar-refractivity contribution >= 4 is 11.6 Å². The molecule has 0 unspecified atom stereocenters. The van der Waals surface area contributed by atoms with Crippen molar-refractivity contribution in [1.29, 1.82) is 0 Å². The number of benzene rings is 1. The molecule has 1 N–H and O–H groups in total. The van der Waals surface area contributed by atoms with Crippen molar-refractivity contribution in [1.82, 2.24) is 5.32 Å². The van der Waals surface area contributed by atoms with Gasteiger partial charge in [0.15, 0.2) is 0 Å². The minimum atomic E-state index is 0.198. The Morgan fingerprint density at radius 3 is 3.05 bits per heavy atom. The van der Waals surface area contributed by atoms with Crippen molar-refractivity contribution in [2.45, 2.75) is 38.1 Å². The number of aryl methyl sites for hydroxylation is 1. The van der Waals surface area contributed by atoms with Gasteiger partial charge in [-0.05, 0) is 37.3 Å². The maximum atomic E-state index is 12.5. The van der Waals surface area contributed by atoms with Crippen molar-refractivity contribution < 1.29 is 9.53 Å². The first-order valence-electron chi connectivity index (χ1n) is 7.49. The number of ether oxygens (including phenoxy) is 1. The molecule has 0 bridgehead atoms. The Labute approximate surface area is 120 Å². The van der Waals surface area contributed by atoms with E-state index in [9.17, 15) is 4.79 Å². The van der Waals surface area contributed by atoms with Crippen molar-refractivity contribution in [3.05, 3.63) is 23.8 Å². The number of hydrogen-bond donors (Lipinski definition) is 1. The van der Waals surface area contributed by atoms with Crippen LogP contribution in [-0.2, 0) is 11.2 Å². The highest BCUT2D eigenvalue weighted by atomic mass is 16.5. The van der Waals surface area contributed by atoms with Gasteiger partial charge in [-0.1, -0.05) is 12.1 Å². The van der Waals surface area contributed by atoms with Crippen molar-refractivity contribution in [2.75, 3.05) is 25.1 Å². The van der Waals surface area contributed by atoms with E-state index in [0.717, 1.165) is 37.4 Å². The third-order valence-electron chi connectivity index (χ3n) is 4.05. The zero-order valence-corrected chi connectivity index (χ0v) is 12.0. The van der Waals surface area contributed by atoms with Crippen LogP contribution in [0.5, 0.6) is 5.75 Å². The van der Waals surface area contributed by atoms with Gasteiger partial charge in [0, 0.05) is 25.6 Å². The molecule has 1 heterocycles. The number of nitrogens with one attached hydrogen (secondary N) is 1. The summed E-state index contributed by atoms with van der Waals surface area (Å²) in [6.07, 6.45) is 5.13. The van der Waals surface area contributed by atoms with Gasteiger partial charge in [0.2, 0.25) is 5.91 Å². The summed E-state index contributed by atoms with van der Waals surface area (Å²) < 4.78 is 5.44.